The number of nitrogens with zero attached hydrogens (tertiary/aromatic N) is 2. The Balaban J connectivity index is 1.61. The van der Waals surface area contributed by atoms with Gasteiger partial charge in [0.2, 0.25) is 0 Å². The van der Waals surface area contributed by atoms with Crippen LogP contribution in [0.3, 0.4) is 0 Å². The molecule has 0 aliphatic carbocycles. The van der Waals surface area contributed by atoms with E-state index in [0.717, 1.165) is 18.5 Å². The number of nitrogens with one attached hydrogen (secondary N) is 2. The molecule has 7 heteroatoms. The molecule has 1 saturated heterocycles. The van der Waals surface area contributed by atoms with Gasteiger partial charge in [0.15, 0.2) is 0 Å². The molecule has 1 aliphatic heterocycles. The molecule has 0 radical (unpaired) electrons. The molecule has 132 valence electrons. The lowest BCUT2D eigenvalue weighted by Gasteiger charge is -2.32. The average molecular weight is 344 g/mol. The Morgan fingerprint density at radius 2 is 2.00 bits per heavy atom. The standard InChI is InChI=1S/C18H21FN4O2/c1-11-9-14(19)3-4-15(11)22-18(25)23-7-5-13(6-8-23)16-10-17(24)21-12(2)20-16/h3-4,9-10,13H,5-8H2,1-2H3,(H,22,25)(H,20,21,24). The molecular formula is C18H21FN4O2. The predicted octanol–water partition coefficient (Wildman–Crippen LogP) is 2.94. The number of H-pyrrole nitrogens is 1. The van der Waals surface area contributed by atoms with E-state index < -0.39 is 0 Å². The van der Waals surface area contributed by atoms with Gasteiger partial charge in [-0.2, -0.15) is 0 Å². The summed E-state index contributed by atoms with van der Waals surface area (Å²) in [6.45, 7) is 4.69. The first-order valence-corrected chi connectivity index (χ1v) is 8.32. The lowest BCUT2D eigenvalue weighted by molar-refractivity contribution is 0.194. The van der Waals surface area contributed by atoms with E-state index >= 15 is 0 Å². The summed E-state index contributed by atoms with van der Waals surface area (Å²) in [4.78, 5) is 32.8. The largest absolute Gasteiger partial charge is 0.324 e. The first-order chi connectivity index (χ1) is 11.9. The van der Waals surface area contributed by atoms with Crippen molar-refractivity contribution in [2.24, 2.45) is 0 Å². The summed E-state index contributed by atoms with van der Waals surface area (Å²) in [6, 6.07) is 5.63. The van der Waals surface area contributed by atoms with Crippen LogP contribution in [0.1, 0.15) is 35.8 Å². The topological polar surface area (TPSA) is 78.1 Å². The Kier molecular flexibility index (Phi) is 4.83. The van der Waals surface area contributed by atoms with Crippen molar-refractivity contribution in [3.05, 3.63) is 57.5 Å². The molecule has 0 unspecified atom stereocenters. The van der Waals surface area contributed by atoms with Gasteiger partial charge in [0.1, 0.15) is 11.6 Å². The summed E-state index contributed by atoms with van der Waals surface area (Å²) in [5.41, 5.74) is 1.94. The number of aryl methyl sites for hydroxylation is 2. The number of amides is 2. The van der Waals surface area contributed by atoms with Gasteiger partial charge in [-0.15, -0.1) is 0 Å². The fraction of sp³-hybridized carbons (Fsp3) is 0.389. The van der Waals surface area contributed by atoms with Crippen LogP contribution in [-0.4, -0.2) is 34.0 Å². The first-order valence-electron chi connectivity index (χ1n) is 8.32. The van der Waals surface area contributed by atoms with E-state index in [9.17, 15) is 14.0 Å². The molecule has 1 fully saturated rings. The first kappa shape index (κ1) is 17.1. The third-order valence-electron chi connectivity index (χ3n) is 4.51. The minimum atomic E-state index is -0.322. The van der Waals surface area contributed by atoms with Crippen molar-refractivity contribution in [1.82, 2.24) is 14.9 Å². The Morgan fingerprint density at radius 1 is 1.28 bits per heavy atom. The molecule has 2 heterocycles. The van der Waals surface area contributed by atoms with E-state index in [-0.39, 0.29) is 23.3 Å². The molecule has 1 aromatic heterocycles. The van der Waals surface area contributed by atoms with Gasteiger partial charge in [0.25, 0.3) is 5.56 Å². The maximum Gasteiger partial charge on any atom is 0.321 e. The van der Waals surface area contributed by atoms with Crippen molar-refractivity contribution >= 4 is 11.7 Å². The number of aromatic nitrogens is 2. The molecule has 3 rings (SSSR count). The second kappa shape index (κ2) is 7.04. The Hall–Kier alpha value is -2.70. The summed E-state index contributed by atoms with van der Waals surface area (Å²) in [5, 5.41) is 2.83. The van der Waals surface area contributed by atoms with Crippen LogP contribution in [0.4, 0.5) is 14.9 Å². The number of rotatable bonds is 2. The minimum Gasteiger partial charge on any atom is -0.324 e. The fourth-order valence-corrected chi connectivity index (χ4v) is 3.15. The normalized spacial score (nSPS) is 15.2. The van der Waals surface area contributed by atoms with Gasteiger partial charge >= 0.3 is 6.03 Å². The lowest BCUT2D eigenvalue weighted by Crippen LogP contribution is -2.41. The number of benzene rings is 1. The second-order valence-corrected chi connectivity index (χ2v) is 6.41. The number of halogens is 1. The molecule has 0 atom stereocenters. The van der Waals surface area contributed by atoms with Gasteiger partial charge in [0, 0.05) is 30.8 Å². The molecule has 1 aromatic carbocycles. The Bertz CT molecular complexity index is 841. The summed E-state index contributed by atoms with van der Waals surface area (Å²) in [6.07, 6.45) is 1.51. The Labute approximate surface area is 145 Å². The molecule has 0 bridgehead atoms. The van der Waals surface area contributed by atoms with Crippen molar-refractivity contribution in [2.45, 2.75) is 32.6 Å². The molecule has 2 aromatic rings. The van der Waals surface area contributed by atoms with Gasteiger partial charge in [0.05, 0.1) is 5.69 Å². The zero-order valence-electron chi connectivity index (χ0n) is 14.3. The maximum atomic E-state index is 13.1. The van der Waals surface area contributed by atoms with Crippen molar-refractivity contribution in [3.8, 4) is 0 Å². The highest BCUT2D eigenvalue weighted by atomic mass is 19.1. The van der Waals surface area contributed by atoms with Crippen LogP contribution < -0.4 is 10.9 Å². The zero-order chi connectivity index (χ0) is 18.0. The van der Waals surface area contributed by atoms with E-state index in [0.29, 0.717) is 30.2 Å². The van der Waals surface area contributed by atoms with Crippen LogP contribution in [0.5, 0.6) is 0 Å². The highest BCUT2D eigenvalue weighted by Gasteiger charge is 2.25. The molecule has 1 aliphatic rings. The molecule has 2 N–H and O–H groups in total. The van der Waals surface area contributed by atoms with Gasteiger partial charge in [-0.1, -0.05) is 0 Å². The van der Waals surface area contributed by atoms with Crippen LogP contribution in [-0.2, 0) is 0 Å². The molecule has 0 saturated carbocycles. The number of aromatic amines is 1. The van der Waals surface area contributed by atoms with Crippen molar-refractivity contribution in [3.63, 3.8) is 0 Å². The third-order valence-corrected chi connectivity index (χ3v) is 4.51. The minimum absolute atomic E-state index is 0.144. The van der Waals surface area contributed by atoms with Crippen LogP contribution in [0.15, 0.2) is 29.1 Å². The summed E-state index contributed by atoms with van der Waals surface area (Å²) in [5.74, 6) is 0.462. The van der Waals surface area contributed by atoms with E-state index in [2.05, 4.69) is 15.3 Å². The number of carbonyl (C=O) groups is 1. The number of piperidine rings is 1. The van der Waals surface area contributed by atoms with Crippen molar-refractivity contribution in [2.75, 3.05) is 18.4 Å². The Morgan fingerprint density at radius 3 is 2.64 bits per heavy atom. The van der Waals surface area contributed by atoms with Crippen molar-refractivity contribution in [1.29, 1.82) is 0 Å². The van der Waals surface area contributed by atoms with Crippen LogP contribution in [0, 0.1) is 19.7 Å². The van der Waals surface area contributed by atoms with E-state index in [1.54, 1.807) is 24.8 Å². The highest BCUT2D eigenvalue weighted by molar-refractivity contribution is 5.90. The average Bonchev–Trinajstić information content (AvgIpc) is 2.56. The molecule has 6 nitrogen and oxygen atoms in total. The van der Waals surface area contributed by atoms with Crippen molar-refractivity contribution < 1.29 is 9.18 Å². The van der Waals surface area contributed by atoms with Gasteiger partial charge in [-0.05, 0) is 50.5 Å². The van der Waals surface area contributed by atoms with Crippen LogP contribution in [0.25, 0.3) is 0 Å². The van der Waals surface area contributed by atoms with Crippen LogP contribution >= 0.6 is 0 Å². The smallest absolute Gasteiger partial charge is 0.321 e. The molecular weight excluding hydrogens is 323 g/mol. The maximum absolute atomic E-state index is 13.1. The number of hydrogen-bond acceptors (Lipinski definition) is 3. The number of urea groups is 1. The van der Waals surface area contributed by atoms with Crippen LogP contribution in [0.2, 0.25) is 0 Å². The number of hydrogen-bond donors (Lipinski definition) is 2. The number of carbonyl (C=O) groups excluding carboxylic acids is 1. The summed E-state index contributed by atoms with van der Waals surface area (Å²) < 4.78 is 13.1. The predicted molar refractivity (Wildman–Crippen MR) is 93.3 cm³/mol. The SMILES string of the molecule is Cc1nc(C2CCN(C(=O)Nc3ccc(F)cc3C)CC2)cc(=O)[nH]1. The summed E-state index contributed by atoms with van der Waals surface area (Å²) >= 11 is 0. The fourth-order valence-electron chi connectivity index (χ4n) is 3.15. The zero-order valence-corrected chi connectivity index (χ0v) is 14.3. The van der Waals surface area contributed by atoms with Gasteiger partial charge in [-0.3, -0.25) is 4.79 Å². The van der Waals surface area contributed by atoms with E-state index in [1.807, 2.05) is 0 Å². The quantitative estimate of drug-likeness (QED) is 0.879. The number of likely N-dealkylation sites (tertiary alicyclic amines) is 1. The third kappa shape index (κ3) is 4.04. The lowest BCUT2D eigenvalue weighted by atomic mass is 9.93. The van der Waals surface area contributed by atoms with Gasteiger partial charge in [-0.25, -0.2) is 14.2 Å². The van der Waals surface area contributed by atoms with E-state index in [1.165, 1.54) is 18.2 Å². The molecule has 25 heavy (non-hydrogen) atoms. The number of anilines is 1. The highest BCUT2D eigenvalue weighted by Crippen LogP contribution is 2.26. The monoisotopic (exact) mass is 344 g/mol. The molecule has 2 amide bonds. The van der Waals surface area contributed by atoms with Gasteiger partial charge < -0.3 is 15.2 Å². The summed E-state index contributed by atoms with van der Waals surface area (Å²) in [7, 11) is 0. The molecule has 0 spiro atoms. The second-order valence-electron chi connectivity index (χ2n) is 6.41. The van der Waals surface area contributed by atoms with E-state index in [4.69, 9.17) is 0 Å².